The molecular weight excluding hydrogens is 534 g/mol. The molecule has 5 aromatic rings. The van der Waals surface area contributed by atoms with Gasteiger partial charge in [0.05, 0.1) is 6.20 Å². The number of nitrogens with zero attached hydrogens (tertiary/aromatic N) is 4. The molecule has 0 aliphatic heterocycles. The quantitative estimate of drug-likeness (QED) is 0.215. The second-order valence-electron chi connectivity index (χ2n) is 9.62. The summed E-state index contributed by atoms with van der Waals surface area (Å²) in [5, 5.41) is 22.6. The van der Waals surface area contributed by atoms with Crippen LogP contribution in [0.4, 0.5) is 20.3 Å². The molecule has 206 valence electrons. The van der Waals surface area contributed by atoms with Crippen LogP contribution >= 0.6 is 0 Å². The molecule has 1 aliphatic carbocycles. The molecule has 6 rings (SSSR count). The van der Waals surface area contributed by atoms with Crippen molar-refractivity contribution in [2.45, 2.75) is 19.8 Å². The molecule has 0 saturated heterocycles. The zero-order chi connectivity index (χ0) is 28.7. The van der Waals surface area contributed by atoms with E-state index in [1.165, 1.54) is 59.2 Å². The molecule has 1 aliphatic rings. The van der Waals surface area contributed by atoms with Crippen LogP contribution in [0.1, 0.15) is 28.9 Å². The first-order chi connectivity index (χ1) is 19.7. The van der Waals surface area contributed by atoms with E-state index < -0.39 is 17.5 Å². The number of rotatable bonds is 7. The maximum Gasteiger partial charge on any atom is 0.321 e. The van der Waals surface area contributed by atoms with Gasteiger partial charge < -0.3 is 20.6 Å². The van der Waals surface area contributed by atoms with Crippen LogP contribution < -0.4 is 20.1 Å². The largest absolute Gasteiger partial charge is 0.618 e. The summed E-state index contributed by atoms with van der Waals surface area (Å²) >= 11 is 0. The van der Waals surface area contributed by atoms with Crippen LogP contribution in [-0.2, 0) is 4.79 Å². The van der Waals surface area contributed by atoms with Gasteiger partial charge in [0.25, 0.3) is 5.69 Å². The molecule has 0 spiro atoms. The topological polar surface area (TPSA) is 125 Å². The highest BCUT2D eigenvalue weighted by Gasteiger charge is 2.30. The lowest BCUT2D eigenvalue weighted by Gasteiger charge is -2.12. The fourth-order valence-electron chi connectivity index (χ4n) is 4.27. The molecule has 12 heteroatoms. The number of anilines is 2. The number of carbonyl (C=O) groups is 2. The van der Waals surface area contributed by atoms with Gasteiger partial charge in [0.2, 0.25) is 17.5 Å². The summed E-state index contributed by atoms with van der Waals surface area (Å²) in [5.74, 6) is -1.76. The Hall–Kier alpha value is -5.39. The summed E-state index contributed by atoms with van der Waals surface area (Å²) in [4.78, 5) is 29.2. The Labute approximate surface area is 231 Å². The van der Waals surface area contributed by atoms with Gasteiger partial charge in [-0.3, -0.25) is 9.59 Å². The van der Waals surface area contributed by atoms with Gasteiger partial charge in [-0.1, -0.05) is 0 Å². The lowest BCUT2D eigenvalue weighted by atomic mass is 10.1. The average molecular weight is 557 g/mol. The number of hydrogen-bond donors (Lipinski definition) is 2. The zero-order valence-electron chi connectivity index (χ0n) is 21.6. The Bertz CT molecular complexity index is 1820. The number of ether oxygens (including phenoxy) is 1. The van der Waals surface area contributed by atoms with Crippen LogP contribution in [0, 0.1) is 29.7 Å². The predicted octanol–water partition coefficient (Wildman–Crippen LogP) is 5.01. The minimum Gasteiger partial charge on any atom is -0.618 e. The standard InChI is InChI=1S/C29H22F2N6O4/c1-16-2-10-22(37(40)27(16)17-5-7-19(30)8-6-17)29(39)32-20-9-11-23(21(31)14-20)41-26-13-12-25-33-24(15-36(25)35-26)34-28(38)18-3-4-18/h2,5-15,18H,3-4H2,1H3,(H,32,39)(H,34,38). The second-order valence-corrected chi connectivity index (χ2v) is 9.62. The summed E-state index contributed by atoms with van der Waals surface area (Å²) in [6.07, 6.45) is 3.27. The van der Waals surface area contributed by atoms with Crippen molar-refractivity contribution >= 4 is 29.0 Å². The fraction of sp³-hybridized carbons (Fsp3) is 0.138. The highest BCUT2D eigenvalue weighted by atomic mass is 19.1. The zero-order valence-corrected chi connectivity index (χ0v) is 21.6. The molecule has 10 nitrogen and oxygen atoms in total. The molecular formula is C29H22F2N6O4. The number of carbonyl (C=O) groups excluding carboxylic acids is 2. The van der Waals surface area contributed by atoms with E-state index in [4.69, 9.17) is 4.74 Å². The monoisotopic (exact) mass is 556 g/mol. The summed E-state index contributed by atoms with van der Waals surface area (Å²) in [5.41, 5.74) is 1.59. The van der Waals surface area contributed by atoms with Crippen molar-refractivity contribution in [2.75, 3.05) is 10.6 Å². The first-order valence-electron chi connectivity index (χ1n) is 12.7. The van der Waals surface area contributed by atoms with E-state index in [0.29, 0.717) is 27.3 Å². The number of nitrogens with one attached hydrogen (secondary N) is 2. The Morgan fingerprint density at radius 1 is 1.02 bits per heavy atom. The van der Waals surface area contributed by atoms with Crippen molar-refractivity contribution in [2.24, 2.45) is 5.92 Å². The first-order valence-corrected chi connectivity index (χ1v) is 12.7. The van der Waals surface area contributed by atoms with Crippen LogP contribution in [-0.4, -0.2) is 26.4 Å². The molecule has 1 saturated carbocycles. The van der Waals surface area contributed by atoms with Crippen molar-refractivity contribution in [1.29, 1.82) is 0 Å². The third kappa shape index (κ3) is 5.39. The third-order valence-corrected chi connectivity index (χ3v) is 6.54. The number of pyridine rings is 1. The van der Waals surface area contributed by atoms with Crippen molar-refractivity contribution in [3.63, 3.8) is 0 Å². The number of halogens is 2. The van der Waals surface area contributed by atoms with Crippen LogP contribution in [0.2, 0.25) is 0 Å². The van der Waals surface area contributed by atoms with Gasteiger partial charge in [-0.2, -0.15) is 4.73 Å². The molecule has 2 N–H and O–H groups in total. The highest BCUT2D eigenvalue weighted by Crippen LogP contribution is 2.30. The van der Waals surface area contributed by atoms with Crippen molar-refractivity contribution < 1.29 is 27.8 Å². The molecule has 0 atom stereocenters. The number of aromatic nitrogens is 4. The van der Waals surface area contributed by atoms with Crippen molar-refractivity contribution in [1.82, 2.24) is 14.6 Å². The van der Waals surface area contributed by atoms with Crippen LogP contribution in [0.3, 0.4) is 0 Å². The van der Waals surface area contributed by atoms with Crippen LogP contribution in [0.5, 0.6) is 11.6 Å². The van der Waals surface area contributed by atoms with Crippen LogP contribution in [0.25, 0.3) is 16.9 Å². The third-order valence-electron chi connectivity index (χ3n) is 6.54. The second kappa shape index (κ2) is 10.3. The molecule has 1 fully saturated rings. The van der Waals surface area contributed by atoms with E-state index in [0.717, 1.165) is 18.9 Å². The number of benzene rings is 2. The minimum atomic E-state index is -0.779. The molecule has 41 heavy (non-hydrogen) atoms. The Balaban J connectivity index is 1.17. The summed E-state index contributed by atoms with van der Waals surface area (Å²) in [6, 6.07) is 15.2. The van der Waals surface area contributed by atoms with Crippen molar-refractivity contribution in [3.05, 3.63) is 101 Å². The number of fused-ring (bicyclic) bond motifs is 1. The summed E-state index contributed by atoms with van der Waals surface area (Å²) < 4.78 is 35.7. The van der Waals surface area contributed by atoms with Gasteiger partial charge in [-0.15, -0.1) is 5.10 Å². The van der Waals surface area contributed by atoms with E-state index in [2.05, 4.69) is 20.7 Å². The molecule has 0 bridgehead atoms. The maximum atomic E-state index is 14.9. The smallest absolute Gasteiger partial charge is 0.321 e. The number of amides is 2. The van der Waals surface area contributed by atoms with E-state index >= 15 is 0 Å². The van der Waals surface area contributed by atoms with Crippen LogP contribution in [0.15, 0.2) is 72.9 Å². The molecule has 2 amide bonds. The molecule has 0 radical (unpaired) electrons. The Morgan fingerprint density at radius 2 is 1.80 bits per heavy atom. The average Bonchev–Trinajstić information content (AvgIpc) is 3.72. The van der Waals surface area contributed by atoms with Gasteiger partial charge >= 0.3 is 5.91 Å². The maximum absolute atomic E-state index is 14.9. The minimum absolute atomic E-state index is 0.0271. The lowest BCUT2D eigenvalue weighted by molar-refractivity contribution is -0.596. The molecule has 0 unspecified atom stereocenters. The number of hydrogen-bond acceptors (Lipinski definition) is 6. The van der Waals surface area contributed by atoms with E-state index in [1.807, 2.05) is 0 Å². The number of aryl methyl sites for hydroxylation is 1. The molecule has 3 aromatic heterocycles. The van der Waals surface area contributed by atoms with Gasteiger partial charge in [0, 0.05) is 40.9 Å². The number of imidazole rings is 1. The van der Waals surface area contributed by atoms with E-state index in [9.17, 15) is 23.6 Å². The lowest BCUT2D eigenvalue weighted by Crippen LogP contribution is -2.39. The van der Waals surface area contributed by atoms with Gasteiger partial charge in [-0.05, 0) is 68.3 Å². The van der Waals surface area contributed by atoms with Crippen molar-refractivity contribution in [3.8, 4) is 22.9 Å². The normalized spacial score (nSPS) is 12.8. The summed E-state index contributed by atoms with van der Waals surface area (Å²) in [6.45, 7) is 1.70. The predicted molar refractivity (Wildman–Crippen MR) is 144 cm³/mol. The van der Waals surface area contributed by atoms with Gasteiger partial charge in [-0.25, -0.2) is 18.3 Å². The molecule has 2 aromatic carbocycles. The Morgan fingerprint density at radius 3 is 2.54 bits per heavy atom. The van der Waals surface area contributed by atoms with E-state index in [1.54, 1.807) is 19.1 Å². The fourth-order valence-corrected chi connectivity index (χ4v) is 4.27. The first kappa shape index (κ1) is 25.9. The van der Waals surface area contributed by atoms with E-state index in [-0.39, 0.29) is 40.5 Å². The SMILES string of the molecule is Cc1ccc(C(=O)Nc2ccc(Oc3ccc4nc(NC(=O)C5CC5)cn4n3)c(F)c2)[n+]([O-])c1-c1ccc(F)cc1. The summed E-state index contributed by atoms with van der Waals surface area (Å²) in [7, 11) is 0. The van der Waals surface area contributed by atoms with Gasteiger partial charge in [0.1, 0.15) is 5.82 Å². The highest BCUT2D eigenvalue weighted by molar-refractivity contribution is 6.02. The van der Waals surface area contributed by atoms with Gasteiger partial charge in [0.15, 0.2) is 23.0 Å². The molecule has 3 heterocycles. The Kier molecular flexibility index (Phi) is 6.50.